The molecule has 92 valence electrons. The van der Waals surface area contributed by atoms with Crippen LogP contribution in [0.25, 0.3) is 0 Å². The minimum Gasteiger partial charge on any atom is -0.349 e. The van der Waals surface area contributed by atoms with E-state index in [-0.39, 0.29) is 22.8 Å². The minimum absolute atomic E-state index is 0.0494. The molecule has 2 aliphatic carbocycles. The van der Waals surface area contributed by atoms with Crippen LogP contribution in [0.4, 0.5) is 0 Å². The maximum atomic E-state index is 12.3. The number of rotatable bonds is 3. The van der Waals surface area contributed by atoms with Gasteiger partial charge < -0.3 is 5.32 Å². The van der Waals surface area contributed by atoms with E-state index in [1.165, 1.54) is 19.3 Å². The van der Waals surface area contributed by atoms with Gasteiger partial charge in [-0.3, -0.25) is 4.79 Å². The topological polar surface area (TPSA) is 29.1 Å². The second kappa shape index (κ2) is 4.21. The summed E-state index contributed by atoms with van der Waals surface area (Å²) in [6, 6.07) is 0. The number of hydrogen-bond donors (Lipinski definition) is 1. The van der Waals surface area contributed by atoms with E-state index < -0.39 is 0 Å². The molecule has 1 atom stereocenters. The Balaban J connectivity index is 1.98. The van der Waals surface area contributed by atoms with Crippen LogP contribution in [0.1, 0.15) is 52.4 Å². The zero-order chi connectivity index (χ0) is 11.8. The number of alkyl halides is 1. The molecule has 2 fully saturated rings. The van der Waals surface area contributed by atoms with Crippen molar-refractivity contribution in [3.63, 3.8) is 0 Å². The van der Waals surface area contributed by atoms with Gasteiger partial charge in [0.05, 0.1) is 5.54 Å². The van der Waals surface area contributed by atoms with Crippen LogP contribution in [0.2, 0.25) is 0 Å². The molecule has 1 N–H and O–H groups in total. The number of nitrogens with one attached hydrogen (secondary N) is 1. The molecule has 0 radical (unpaired) electrons. The zero-order valence-corrected chi connectivity index (χ0v) is 11.1. The maximum absolute atomic E-state index is 12.3. The number of hydrogen-bond acceptors (Lipinski definition) is 1. The molecule has 0 aromatic heterocycles. The molecule has 0 aromatic carbocycles. The van der Waals surface area contributed by atoms with Crippen LogP contribution >= 0.6 is 11.6 Å². The van der Waals surface area contributed by atoms with Gasteiger partial charge in [0.2, 0.25) is 5.91 Å². The maximum Gasteiger partial charge on any atom is 0.224 e. The molecule has 1 amide bonds. The van der Waals surface area contributed by atoms with Crippen molar-refractivity contribution in [3.05, 3.63) is 0 Å². The van der Waals surface area contributed by atoms with Crippen molar-refractivity contribution in [3.8, 4) is 0 Å². The lowest BCUT2D eigenvalue weighted by Gasteiger charge is -2.38. The van der Waals surface area contributed by atoms with Crippen LogP contribution in [-0.4, -0.2) is 17.3 Å². The van der Waals surface area contributed by atoms with E-state index in [1.807, 2.05) is 0 Å². The first kappa shape index (κ1) is 12.2. The highest BCUT2D eigenvalue weighted by atomic mass is 35.5. The quantitative estimate of drug-likeness (QED) is 0.759. The standard InChI is InChI=1S/C13H22ClNO/c1-12(2)6-4-3-5-10(12)11(16)15-13(9-14)7-8-13/h10H,3-9H2,1-2H3,(H,15,16). The van der Waals surface area contributed by atoms with Crippen LogP contribution in [-0.2, 0) is 4.79 Å². The highest BCUT2D eigenvalue weighted by molar-refractivity contribution is 6.19. The fourth-order valence-electron chi connectivity index (χ4n) is 2.77. The van der Waals surface area contributed by atoms with Gasteiger partial charge in [-0.15, -0.1) is 11.6 Å². The summed E-state index contributed by atoms with van der Waals surface area (Å²) in [5, 5.41) is 3.17. The lowest BCUT2D eigenvalue weighted by atomic mass is 9.68. The van der Waals surface area contributed by atoms with Crippen molar-refractivity contribution in [1.82, 2.24) is 5.32 Å². The Hall–Kier alpha value is -0.240. The molecule has 1 unspecified atom stereocenters. The summed E-state index contributed by atoms with van der Waals surface area (Å²) in [6.45, 7) is 4.44. The van der Waals surface area contributed by atoms with Crippen LogP contribution < -0.4 is 5.32 Å². The van der Waals surface area contributed by atoms with Crippen molar-refractivity contribution in [1.29, 1.82) is 0 Å². The van der Waals surface area contributed by atoms with Gasteiger partial charge in [-0.05, 0) is 31.1 Å². The Labute approximate surface area is 103 Å². The summed E-state index contributed by atoms with van der Waals surface area (Å²) < 4.78 is 0. The summed E-state index contributed by atoms with van der Waals surface area (Å²) in [5.74, 6) is 0.983. The normalized spacial score (nSPS) is 30.8. The molecule has 0 spiro atoms. The minimum atomic E-state index is -0.0494. The third kappa shape index (κ3) is 2.37. The van der Waals surface area contributed by atoms with Gasteiger partial charge in [0.25, 0.3) is 0 Å². The van der Waals surface area contributed by atoms with Crippen molar-refractivity contribution in [2.75, 3.05) is 5.88 Å². The molecule has 16 heavy (non-hydrogen) atoms. The lowest BCUT2D eigenvalue weighted by Crippen LogP contribution is -2.47. The fraction of sp³-hybridized carbons (Fsp3) is 0.923. The molecule has 0 aromatic rings. The van der Waals surface area contributed by atoms with Crippen molar-refractivity contribution in [2.45, 2.75) is 57.9 Å². The molecular weight excluding hydrogens is 222 g/mol. The molecule has 0 aliphatic heterocycles. The third-order valence-electron chi connectivity index (χ3n) is 4.32. The monoisotopic (exact) mass is 243 g/mol. The largest absolute Gasteiger partial charge is 0.349 e. The van der Waals surface area contributed by atoms with E-state index >= 15 is 0 Å². The second-order valence-electron chi connectivity index (χ2n) is 6.19. The van der Waals surface area contributed by atoms with Crippen LogP contribution in [0.3, 0.4) is 0 Å². The predicted molar refractivity (Wildman–Crippen MR) is 66.6 cm³/mol. The molecule has 0 bridgehead atoms. The first-order valence-electron chi connectivity index (χ1n) is 6.37. The highest BCUT2D eigenvalue weighted by Gasteiger charge is 2.46. The molecule has 2 aliphatic rings. The van der Waals surface area contributed by atoms with Crippen LogP contribution in [0.5, 0.6) is 0 Å². The molecule has 2 rings (SSSR count). The average Bonchev–Trinajstić information content (AvgIpc) is 2.97. The lowest BCUT2D eigenvalue weighted by molar-refractivity contribution is -0.131. The highest BCUT2D eigenvalue weighted by Crippen LogP contribution is 2.42. The van der Waals surface area contributed by atoms with Gasteiger partial charge in [0, 0.05) is 11.8 Å². The van der Waals surface area contributed by atoms with Gasteiger partial charge >= 0.3 is 0 Å². The molecule has 0 heterocycles. The van der Waals surface area contributed by atoms with Crippen molar-refractivity contribution < 1.29 is 4.79 Å². The Kier molecular flexibility index (Phi) is 3.22. The smallest absolute Gasteiger partial charge is 0.224 e. The van der Waals surface area contributed by atoms with Gasteiger partial charge in [0.15, 0.2) is 0 Å². The second-order valence-corrected chi connectivity index (χ2v) is 6.46. The Morgan fingerprint density at radius 1 is 1.31 bits per heavy atom. The first-order chi connectivity index (χ1) is 7.49. The summed E-state index contributed by atoms with van der Waals surface area (Å²) in [7, 11) is 0. The van der Waals surface area contributed by atoms with Crippen molar-refractivity contribution >= 4 is 17.5 Å². The van der Waals surface area contributed by atoms with E-state index in [4.69, 9.17) is 11.6 Å². The predicted octanol–water partition coefficient (Wildman–Crippen LogP) is 3.09. The first-order valence-corrected chi connectivity index (χ1v) is 6.91. The Morgan fingerprint density at radius 3 is 2.50 bits per heavy atom. The summed E-state index contributed by atoms with van der Waals surface area (Å²) in [6.07, 6.45) is 6.76. The third-order valence-corrected chi connectivity index (χ3v) is 4.83. The molecule has 0 saturated heterocycles. The SMILES string of the molecule is CC1(C)CCCCC1C(=O)NC1(CCl)CC1. The number of halogens is 1. The van der Waals surface area contributed by atoms with Crippen LogP contribution in [0.15, 0.2) is 0 Å². The Morgan fingerprint density at radius 2 is 2.00 bits per heavy atom. The van der Waals surface area contributed by atoms with Gasteiger partial charge in [0.1, 0.15) is 0 Å². The molecule has 2 nitrogen and oxygen atoms in total. The van der Waals surface area contributed by atoms with Crippen molar-refractivity contribution in [2.24, 2.45) is 11.3 Å². The van der Waals surface area contributed by atoms with Gasteiger partial charge in [-0.2, -0.15) is 0 Å². The van der Waals surface area contributed by atoms with Crippen LogP contribution in [0, 0.1) is 11.3 Å². The van der Waals surface area contributed by atoms with E-state index in [2.05, 4.69) is 19.2 Å². The number of amides is 1. The summed E-state index contributed by atoms with van der Waals surface area (Å²) >= 11 is 5.90. The van der Waals surface area contributed by atoms with E-state index in [9.17, 15) is 4.79 Å². The molecule has 3 heteroatoms. The van der Waals surface area contributed by atoms with E-state index in [0.717, 1.165) is 19.3 Å². The average molecular weight is 244 g/mol. The molecule has 2 saturated carbocycles. The fourth-order valence-corrected chi connectivity index (χ4v) is 3.11. The number of carbonyl (C=O) groups is 1. The van der Waals surface area contributed by atoms with Gasteiger partial charge in [-0.1, -0.05) is 26.7 Å². The molecular formula is C13H22ClNO. The Bertz CT molecular complexity index is 284. The van der Waals surface area contributed by atoms with Gasteiger partial charge in [-0.25, -0.2) is 0 Å². The number of carbonyl (C=O) groups excluding carboxylic acids is 1. The summed E-state index contributed by atoms with van der Waals surface area (Å²) in [4.78, 5) is 12.3. The summed E-state index contributed by atoms with van der Waals surface area (Å²) in [5.41, 5.74) is 0.108. The van der Waals surface area contributed by atoms with E-state index in [0.29, 0.717) is 5.88 Å². The zero-order valence-electron chi connectivity index (χ0n) is 10.3. The van der Waals surface area contributed by atoms with E-state index in [1.54, 1.807) is 0 Å².